The highest BCUT2D eigenvalue weighted by Crippen LogP contribution is 2.66. The second-order valence-electron chi connectivity index (χ2n) is 8.56. The normalized spacial score (nSPS) is 32.9. The van der Waals surface area contributed by atoms with Gasteiger partial charge < -0.3 is 0 Å². The Bertz CT molecular complexity index is 310. The lowest BCUT2D eigenvalue weighted by molar-refractivity contribution is 0.457. The fourth-order valence-corrected chi connectivity index (χ4v) is 8.80. The molecule has 0 heterocycles. The third-order valence-corrected chi connectivity index (χ3v) is 12.4. The van der Waals surface area contributed by atoms with Gasteiger partial charge in [0.2, 0.25) is 0 Å². The monoisotopic (exact) mass is 312 g/mol. The van der Waals surface area contributed by atoms with Crippen molar-refractivity contribution in [2.45, 2.75) is 101 Å². The van der Waals surface area contributed by atoms with E-state index in [9.17, 15) is 0 Å². The average Bonchev–Trinajstić information content (AvgIpc) is 3.04. The minimum Gasteiger partial charge on any atom is -0.239 e. The first kappa shape index (κ1) is 17.7. The molecule has 3 atom stereocenters. The van der Waals surface area contributed by atoms with Crippen LogP contribution in [-0.2, 0) is 0 Å². The Morgan fingerprint density at radius 3 is 2.10 bits per heavy atom. The number of fused-ring (bicyclic) bond motifs is 1. The molecule has 2 saturated carbocycles. The molecule has 0 aromatic carbocycles. The van der Waals surface area contributed by atoms with Crippen LogP contribution in [0.1, 0.15) is 91.4 Å². The fraction of sp³-hybridized carbons (Fsp3) is 1.00. The Balaban J connectivity index is 1.97. The molecule has 3 unspecified atom stereocenters. The molecule has 21 heavy (non-hydrogen) atoms. The average molecular weight is 313 g/mol. The molecule has 0 aromatic heterocycles. The van der Waals surface area contributed by atoms with Crippen molar-refractivity contribution in [1.29, 1.82) is 0 Å². The number of hydrogen-bond donors (Lipinski definition) is 0. The first-order chi connectivity index (χ1) is 9.94. The maximum absolute atomic E-state index is 2.70. The molecule has 0 nitrogen and oxygen atoms in total. The van der Waals surface area contributed by atoms with Crippen molar-refractivity contribution in [3.8, 4) is 0 Å². The highest BCUT2D eigenvalue weighted by atomic mass is 32.3. The van der Waals surface area contributed by atoms with E-state index in [4.69, 9.17) is 0 Å². The van der Waals surface area contributed by atoms with Gasteiger partial charge in [-0.2, -0.15) is 0 Å². The van der Waals surface area contributed by atoms with Crippen LogP contribution in [0, 0.1) is 11.8 Å². The molecule has 1 heteroatoms. The second kappa shape index (κ2) is 7.28. The van der Waals surface area contributed by atoms with Crippen LogP contribution in [-0.4, -0.2) is 22.5 Å². The van der Waals surface area contributed by atoms with Gasteiger partial charge in [-0.25, -0.2) is 10.0 Å². The molecule has 2 rings (SSSR count). The third-order valence-electron chi connectivity index (χ3n) is 7.36. The van der Waals surface area contributed by atoms with Crippen molar-refractivity contribution >= 4 is 10.0 Å². The van der Waals surface area contributed by atoms with E-state index in [-0.39, 0.29) is 0 Å². The molecule has 0 radical (unpaired) electrons. The van der Waals surface area contributed by atoms with Crippen molar-refractivity contribution in [2.75, 3.05) is 12.5 Å². The summed E-state index contributed by atoms with van der Waals surface area (Å²) in [5.41, 5.74) is 0. The summed E-state index contributed by atoms with van der Waals surface area (Å²) in [7, 11) is -0.480. The molecular formula is C20H40S. The first-order valence-corrected chi connectivity index (χ1v) is 12.2. The summed E-state index contributed by atoms with van der Waals surface area (Å²) in [6.45, 7) is 7.43. The lowest BCUT2D eigenvalue weighted by Crippen LogP contribution is -2.36. The summed E-state index contributed by atoms with van der Waals surface area (Å²) in [5.74, 6) is 2.23. The van der Waals surface area contributed by atoms with E-state index in [1.807, 2.05) is 0 Å². The van der Waals surface area contributed by atoms with E-state index in [0.29, 0.717) is 4.75 Å². The van der Waals surface area contributed by atoms with E-state index < -0.39 is 10.0 Å². The van der Waals surface area contributed by atoms with Crippen LogP contribution >= 0.6 is 10.0 Å². The SMILES string of the molecule is CCCCCCC(C)(CC)S(C)(C)C1CC2CCCC2C1. The predicted molar refractivity (Wildman–Crippen MR) is 101 cm³/mol. The van der Waals surface area contributed by atoms with E-state index in [2.05, 4.69) is 33.3 Å². The van der Waals surface area contributed by atoms with Gasteiger partial charge >= 0.3 is 0 Å². The molecule has 0 spiro atoms. The van der Waals surface area contributed by atoms with Gasteiger partial charge in [0, 0.05) is 0 Å². The van der Waals surface area contributed by atoms with Crippen molar-refractivity contribution in [3.63, 3.8) is 0 Å². The molecule has 126 valence electrons. The molecule has 0 bridgehead atoms. The van der Waals surface area contributed by atoms with Gasteiger partial charge in [-0.05, 0) is 60.0 Å². The van der Waals surface area contributed by atoms with Crippen LogP contribution in [0.25, 0.3) is 0 Å². The minimum atomic E-state index is -0.480. The Hall–Kier alpha value is 0.350. The summed E-state index contributed by atoms with van der Waals surface area (Å²) < 4.78 is 0.629. The molecule has 0 saturated heterocycles. The van der Waals surface area contributed by atoms with Gasteiger partial charge in [0.25, 0.3) is 0 Å². The smallest absolute Gasteiger partial charge is 0.00309 e. The third kappa shape index (κ3) is 3.65. The van der Waals surface area contributed by atoms with Gasteiger partial charge in [-0.1, -0.05) is 65.7 Å². The van der Waals surface area contributed by atoms with Crippen molar-refractivity contribution in [1.82, 2.24) is 0 Å². The van der Waals surface area contributed by atoms with Crippen LogP contribution in [0.4, 0.5) is 0 Å². The molecule has 2 aliphatic carbocycles. The molecule has 0 amide bonds. The van der Waals surface area contributed by atoms with Gasteiger partial charge in [0.15, 0.2) is 0 Å². The fourth-order valence-electron chi connectivity index (χ4n) is 5.13. The number of hydrogen-bond acceptors (Lipinski definition) is 0. The maximum atomic E-state index is 2.70. The van der Waals surface area contributed by atoms with Gasteiger partial charge in [-0.3, -0.25) is 0 Å². The molecular weight excluding hydrogens is 272 g/mol. The van der Waals surface area contributed by atoms with Crippen LogP contribution in [0.2, 0.25) is 0 Å². The first-order valence-electron chi connectivity index (χ1n) is 9.66. The van der Waals surface area contributed by atoms with Crippen molar-refractivity contribution < 1.29 is 0 Å². The van der Waals surface area contributed by atoms with Crippen LogP contribution < -0.4 is 0 Å². The van der Waals surface area contributed by atoms with Crippen molar-refractivity contribution in [2.24, 2.45) is 11.8 Å². The summed E-state index contributed by atoms with van der Waals surface area (Å²) in [5, 5.41) is 1.07. The summed E-state index contributed by atoms with van der Waals surface area (Å²) in [6, 6.07) is 0. The molecule has 2 fully saturated rings. The van der Waals surface area contributed by atoms with Crippen molar-refractivity contribution in [3.05, 3.63) is 0 Å². The lowest BCUT2D eigenvalue weighted by atomic mass is 9.99. The van der Waals surface area contributed by atoms with Crippen LogP contribution in [0.15, 0.2) is 0 Å². The zero-order valence-corrected chi connectivity index (χ0v) is 16.2. The van der Waals surface area contributed by atoms with Gasteiger partial charge in [0.05, 0.1) is 0 Å². The molecule has 0 N–H and O–H groups in total. The van der Waals surface area contributed by atoms with Crippen LogP contribution in [0.3, 0.4) is 0 Å². The second-order valence-corrected chi connectivity index (χ2v) is 13.0. The topological polar surface area (TPSA) is 0 Å². The summed E-state index contributed by atoms with van der Waals surface area (Å²) >= 11 is 0. The zero-order valence-electron chi connectivity index (χ0n) is 15.4. The largest absolute Gasteiger partial charge is 0.239 e. The Labute approximate surface area is 136 Å². The molecule has 2 aliphatic rings. The van der Waals surface area contributed by atoms with E-state index in [0.717, 1.165) is 17.1 Å². The highest BCUT2D eigenvalue weighted by Gasteiger charge is 2.47. The zero-order chi connectivity index (χ0) is 15.5. The van der Waals surface area contributed by atoms with E-state index in [1.165, 1.54) is 44.9 Å². The Morgan fingerprint density at radius 2 is 1.57 bits per heavy atom. The van der Waals surface area contributed by atoms with E-state index in [1.54, 1.807) is 25.7 Å². The maximum Gasteiger partial charge on any atom is -0.00309 e. The van der Waals surface area contributed by atoms with Crippen LogP contribution in [0.5, 0.6) is 0 Å². The van der Waals surface area contributed by atoms with Gasteiger partial charge in [-0.15, -0.1) is 0 Å². The quantitative estimate of drug-likeness (QED) is 0.434. The molecule has 0 aromatic rings. The summed E-state index contributed by atoms with van der Waals surface area (Å²) in [4.78, 5) is 0. The van der Waals surface area contributed by atoms with Gasteiger partial charge in [0.1, 0.15) is 0 Å². The Kier molecular flexibility index (Phi) is 6.14. The molecule has 0 aliphatic heterocycles. The standard InChI is InChI=1S/C20H40S/c1-6-8-9-10-14-20(3,7-2)21(4,5)19-15-17-12-11-13-18(17)16-19/h17-19H,6-16H2,1-5H3. The van der Waals surface area contributed by atoms with E-state index >= 15 is 0 Å². The predicted octanol–water partition coefficient (Wildman–Crippen LogP) is 6.77. The highest BCUT2D eigenvalue weighted by molar-refractivity contribution is 8.34. The minimum absolute atomic E-state index is 0.480. The summed E-state index contributed by atoms with van der Waals surface area (Å²) in [6.07, 6.45) is 21.8. The Morgan fingerprint density at radius 1 is 0.952 bits per heavy atom. The number of rotatable bonds is 8. The number of unbranched alkanes of at least 4 members (excludes halogenated alkanes) is 3. The lowest BCUT2D eigenvalue weighted by Gasteiger charge is -2.53.